The van der Waals surface area contributed by atoms with Gasteiger partial charge < -0.3 is 14.7 Å². The highest BCUT2D eigenvalue weighted by Gasteiger charge is 2.42. The Labute approximate surface area is 153 Å². The fourth-order valence-electron chi connectivity index (χ4n) is 3.45. The lowest BCUT2D eigenvalue weighted by molar-refractivity contribution is -0.155. The van der Waals surface area contributed by atoms with Crippen LogP contribution in [0.25, 0.3) is 0 Å². The molecule has 1 saturated heterocycles. The fourth-order valence-corrected chi connectivity index (χ4v) is 3.57. The maximum atomic E-state index is 12.6. The Morgan fingerprint density at radius 2 is 2.04 bits per heavy atom. The molecule has 1 aliphatic rings. The predicted molar refractivity (Wildman–Crippen MR) is 96.8 cm³/mol. The standard InChI is InChI=1S/C19H26ClNO4/c1-25-13-3-11-19(18(23)24)10-2-12-21(14-19)17(22)9-6-15-4-7-16(20)8-5-15/h4-5,7-8H,2-3,6,9-14H2,1H3,(H,23,24)/t19-/m0/s1. The van der Waals surface area contributed by atoms with Gasteiger partial charge in [0.15, 0.2) is 0 Å². The number of ether oxygens (including phenoxy) is 1. The number of halogens is 1. The van der Waals surface area contributed by atoms with Gasteiger partial charge in [-0.25, -0.2) is 0 Å². The van der Waals surface area contributed by atoms with Gasteiger partial charge in [0, 0.05) is 38.2 Å². The molecule has 5 nitrogen and oxygen atoms in total. The van der Waals surface area contributed by atoms with E-state index in [2.05, 4.69) is 0 Å². The van der Waals surface area contributed by atoms with Crippen LogP contribution in [0.15, 0.2) is 24.3 Å². The van der Waals surface area contributed by atoms with Crippen molar-refractivity contribution in [2.45, 2.75) is 38.5 Å². The first-order chi connectivity index (χ1) is 12.0. The minimum atomic E-state index is -0.841. The van der Waals surface area contributed by atoms with Gasteiger partial charge in [-0.3, -0.25) is 9.59 Å². The third-order valence-electron chi connectivity index (χ3n) is 4.93. The third-order valence-corrected chi connectivity index (χ3v) is 5.18. The van der Waals surface area contributed by atoms with Gasteiger partial charge in [0.25, 0.3) is 0 Å². The lowest BCUT2D eigenvalue weighted by Crippen LogP contribution is -2.50. The monoisotopic (exact) mass is 367 g/mol. The zero-order chi connectivity index (χ0) is 18.3. The Morgan fingerprint density at radius 3 is 2.68 bits per heavy atom. The van der Waals surface area contributed by atoms with Gasteiger partial charge in [-0.15, -0.1) is 0 Å². The number of carbonyl (C=O) groups is 2. The summed E-state index contributed by atoms with van der Waals surface area (Å²) >= 11 is 5.87. The zero-order valence-electron chi connectivity index (χ0n) is 14.7. The molecule has 2 rings (SSSR count). The van der Waals surface area contributed by atoms with Crippen molar-refractivity contribution in [2.24, 2.45) is 5.41 Å². The molecule has 0 bridgehead atoms. The van der Waals surface area contributed by atoms with Gasteiger partial charge in [-0.1, -0.05) is 23.7 Å². The van der Waals surface area contributed by atoms with Crippen LogP contribution in [0.5, 0.6) is 0 Å². The maximum Gasteiger partial charge on any atom is 0.311 e. The number of aliphatic carboxylic acids is 1. The minimum absolute atomic E-state index is 0.0204. The summed E-state index contributed by atoms with van der Waals surface area (Å²) in [4.78, 5) is 26.1. The summed E-state index contributed by atoms with van der Waals surface area (Å²) in [6.45, 7) is 1.48. The smallest absolute Gasteiger partial charge is 0.311 e. The van der Waals surface area contributed by atoms with E-state index in [4.69, 9.17) is 16.3 Å². The van der Waals surface area contributed by atoms with Gasteiger partial charge in [-0.2, -0.15) is 0 Å². The number of nitrogens with zero attached hydrogens (tertiary/aromatic N) is 1. The average Bonchev–Trinajstić information content (AvgIpc) is 2.61. The first kappa shape index (κ1) is 19.7. The minimum Gasteiger partial charge on any atom is -0.481 e. The number of aryl methyl sites for hydroxylation is 1. The number of amides is 1. The summed E-state index contributed by atoms with van der Waals surface area (Å²) in [6, 6.07) is 7.46. The van der Waals surface area contributed by atoms with E-state index >= 15 is 0 Å². The van der Waals surface area contributed by atoms with E-state index in [1.807, 2.05) is 24.3 Å². The molecule has 1 N–H and O–H groups in total. The number of piperidine rings is 1. The fraction of sp³-hybridized carbons (Fsp3) is 0.579. The third kappa shape index (κ3) is 5.44. The molecular weight excluding hydrogens is 342 g/mol. The molecular formula is C19H26ClNO4. The van der Waals surface area contributed by atoms with Crippen LogP contribution in [0, 0.1) is 5.41 Å². The average molecular weight is 368 g/mol. The quantitative estimate of drug-likeness (QED) is 0.715. The van der Waals surface area contributed by atoms with Crippen LogP contribution >= 0.6 is 11.6 Å². The predicted octanol–water partition coefficient (Wildman–Crippen LogP) is 3.39. The molecule has 1 aliphatic heterocycles. The summed E-state index contributed by atoms with van der Waals surface area (Å²) in [6.07, 6.45) is 3.59. The van der Waals surface area contributed by atoms with Crippen LogP contribution in [0.3, 0.4) is 0 Å². The summed E-state index contributed by atoms with van der Waals surface area (Å²) in [7, 11) is 1.61. The van der Waals surface area contributed by atoms with Crippen LogP contribution in [0.1, 0.15) is 37.7 Å². The van der Waals surface area contributed by atoms with Crippen LogP contribution in [-0.2, 0) is 20.7 Å². The normalized spacial score (nSPS) is 20.5. The van der Waals surface area contributed by atoms with E-state index in [1.165, 1.54) is 0 Å². The molecule has 6 heteroatoms. The highest BCUT2D eigenvalue weighted by Crippen LogP contribution is 2.35. The van der Waals surface area contributed by atoms with E-state index in [1.54, 1.807) is 12.0 Å². The van der Waals surface area contributed by atoms with Crippen LogP contribution in [0.4, 0.5) is 0 Å². The Morgan fingerprint density at radius 1 is 1.32 bits per heavy atom. The first-order valence-electron chi connectivity index (χ1n) is 8.71. The first-order valence-corrected chi connectivity index (χ1v) is 9.09. The van der Waals surface area contributed by atoms with Crippen molar-refractivity contribution in [3.05, 3.63) is 34.9 Å². The van der Waals surface area contributed by atoms with Crippen molar-refractivity contribution in [3.63, 3.8) is 0 Å². The molecule has 138 valence electrons. The molecule has 0 spiro atoms. The van der Waals surface area contributed by atoms with E-state index in [0.29, 0.717) is 56.8 Å². The number of rotatable bonds is 8. The Hall–Kier alpha value is -1.59. The van der Waals surface area contributed by atoms with Crippen molar-refractivity contribution in [1.29, 1.82) is 0 Å². The Bertz CT molecular complexity index is 590. The van der Waals surface area contributed by atoms with E-state index in [9.17, 15) is 14.7 Å². The van der Waals surface area contributed by atoms with Gasteiger partial charge in [-0.05, 0) is 49.8 Å². The summed E-state index contributed by atoms with van der Waals surface area (Å²) in [5.74, 6) is -0.786. The lowest BCUT2D eigenvalue weighted by Gasteiger charge is -2.40. The number of hydrogen-bond acceptors (Lipinski definition) is 3. The number of likely N-dealkylation sites (tertiary alicyclic amines) is 1. The SMILES string of the molecule is COCCC[C@@]1(C(=O)O)CCCN(C(=O)CCc2ccc(Cl)cc2)C1. The van der Waals surface area contributed by atoms with Crippen molar-refractivity contribution in [2.75, 3.05) is 26.8 Å². The van der Waals surface area contributed by atoms with Crippen molar-refractivity contribution < 1.29 is 19.4 Å². The van der Waals surface area contributed by atoms with E-state index in [0.717, 1.165) is 12.0 Å². The van der Waals surface area contributed by atoms with Crippen LogP contribution in [-0.4, -0.2) is 48.7 Å². The highest BCUT2D eigenvalue weighted by molar-refractivity contribution is 6.30. The molecule has 1 amide bonds. The molecule has 0 saturated carbocycles. The highest BCUT2D eigenvalue weighted by atomic mass is 35.5. The molecule has 0 aromatic heterocycles. The second-order valence-electron chi connectivity index (χ2n) is 6.73. The summed E-state index contributed by atoms with van der Waals surface area (Å²) in [5, 5.41) is 10.4. The number of carboxylic acid groups (broad SMARTS) is 1. The molecule has 25 heavy (non-hydrogen) atoms. The molecule has 1 fully saturated rings. The topological polar surface area (TPSA) is 66.8 Å². The second-order valence-corrected chi connectivity index (χ2v) is 7.16. The van der Waals surface area contributed by atoms with E-state index in [-0.39, 0.29) is 5.91 Å². The molecule has 1 aromatic carbocycles. The van der Waals surface area contributed by atoms with Crippen molar-refractivity contribution in [1.82, 2.24) is 4.90 Å². The molecule has 1 aromatic rings. The number of methoxy groups -OCH3 is 1. The number of benzene rings is 1. The van der Waals surface area contributed by atoms with Gasteiger partial charge in [0.1, 0.15) is 0 Å². The Balaban J connectivity index is 1.94. The van der Waals surface area contributed by atoms with Gasteiger partial charge >= 0.3 is 5.97 Å². The molecule has 1 atom stereocenters. The van der Waals surface area contributed by atoms with Crippen molar-refractivity contribution >= 4 is 23.5 Å². The van der Waals surface area contributed by atoms with Crippen LogP contribution < -0.4 is 0 Å². The number of carboxylic acids is 1. The number of carbonyl (C=O) groups excluding carboxylic acids is 1. The maximum absolute atomic E-state index is 12.6. The lowest BCUT2D eigenvalue weighted by atomic mass is 9.76. The second kappa shape index (κ2) is 9.20. The Kier molecular flexibility index (Phi) is 7.26. The zero-order valence-corrected chi connectivity index (χ0v) is 15.4. The van der Waals surface area contributed by atoms with Gasteiger partial charge in [0.2, 0.25) is 5.91 Å². The molecule has 0 radical (unpaired) electrons. The molecule has 1 heterocycles. The largest absolute Gasteiger partial charge is 0.481 e. The summed E-state index contributed by atoms with van der Waals surface area (Å²) < 4.78 is 5.04. The van der Waals surface area contributed by atoms with Crippen LogP contribution in [0.2, 0.25) is 5.02 Å². The molecule has 0 unspecified atom stereocenters. The van der Waals surface area contributed by atoms with Crippen molar-refractivity contribution in [3.8, 4) is 0 Å². The molecule has 0 aliphatic carbocycles. The summed E-state index contributed by atoms with van der Waals surface area (Å²) in [5.41, 5.74) is 0.214. The van der Waals surface area contributed by atoms with Gasteiger partial charge in [0.05, 0.1) is 5.41 Å². The van der Waals surface area contributed by atoms with E-state index < -0.39 is 11.4 Å². The number of hydrogen-bond donors (Lipinski definition) is 1.